The predicted octanol–water partition coefficient (Wildman–Crippen LogP) is 7.24. The number of hydrogen-bond donors (Lipinski definition) is 1. The van der Waals surface area contributed by atoms with Crippen LogP contribution in [-0.2, 0) is 11.3 Å². The van der Waals surface area contributed by atoms with E-state index in [2.05, 4.69) is 10.3 Å². The second-order valence-corrected chi connectivity index (χ2v) is 9.32. The quantitative estimate of drug-likeness (QED) is 0.305. The Labute approximate surface area is 215 Å². The molecule has 3 aromatic carbocycles. The number of nitriles is 1. The summed E-state index contributed by atoms with van der Waals surface area (Å²) < 4.78 is 26.6. The van der Waals surface area contributed by atoms with Crippen LogP contribution in [0.15, 0.2) is 85.1 Å². The van der Waals surface area contributed by atoms with Crippen LogP contribution in [-0.4, -0.2) is 16.7 Å². The lowest BCUT2D eigenvalue weighted by molar-refractivity contribution is 0.0523. The lowest BCUT2D eigenvalue weighted by Gasteiger charge is -2.19. The van der Waals surface area contributed by atoms with Crippen molar-refractivity contribution in [2.24, 2.45) is 0 Å². The molecular weight excluding hydrogens is 469 g/mol. The molecule has 0 aliphatic heterocycles. The maximum Gasteiger partial charge on any atom is 0.407 e. The molecule has 0 saturated heterocycles. The SMILES string of the molecule is CC(C)(C)OC(=O)NCc1cccc(-c2ncc(-c3ccc(Oc4ccccc4)cc3)c(C#N)c2F)c1. The van der Waals surface area contributed by atoms with Crippen molar-refractivity contribution in [2.45, 2.75) is 32.9 Å². The van der Waals surface area contributed by atoms with E-state index in [1.807, 2.05) is 36.4 Å². The number of carbonyl (C=O) groups is 1. The minimum absolute atomic E-state index is 0.0587. The first kappa shape index (κ1) is 25.4. The maximum atomic E-state index is 15.5. The van der Waals surface area contributed by atoms with Gasteiger partial charge in [0.1, 0.15) is 28.9 Å². The summed E-state index contributed by atoms with van der Waals surface area (Å²) in [6.07, 6.45) is 0.953. The fourth-order valence-electron chi connectivity index (χ4n) is 3.66. The van der Waals surface area contributed by atoms with Crippen molar-refractivity contribution in [1.29, 1.82) is 5.26 Å². The Hall–Kier alpha value is -4.70. The first-order valence-corrected chi connectivity index (χ1v) is 11.7. The van der Waals surface area contributed by atoms with E-state index in [1.165, 1.54) is 6.20 Å². The summed E-state index contributed by atoms with van der Waals surface area (Å²) in [4.78, 5) is 16.3. The summed E-state index contributed by atoms with van der Waals surface area (Å²) in [5.74, 6) is 0.616. The third-order valence-electron chi connectivity index (χ3n) is 5.31. The third kappa shape index (κ3) is 6.50. The summed E-state index contributed by atoms with van der Waals surface area (Å²) in [5.41, 5.74) is 1.62. The number of nitrogens with zero attached hydrogens (tertiary/aromatic N) is 2. The summed E-state index contributed by atoms with van der Waals surface area (Å²) >= 11 is 0. The highest BCUT2D eigenvalue weighted by molar-refractivity contribution is 5.75. The van der Waals surface area contributed by atoms with E-state index in [0.717, 1.165) is 5.56 Å². The Morgan fingerprint density at radius 1 is 0.973 bits per heavy atom. The first-order valence-electron chi connectivity index (χ1n) is 11.7. The van der Waals surface area contributed by atoms with E-state index in [4.69, 9.17) is 9.47 Å². The van der Waals surface area contributed by atoms with Crippen LogP contribution in [0.1, 0.15) is 31.9 Å². The number of ether oxygens (including phenoxy) is 2. The molecule has 0 radical (unpaired) electrons. The average Bonchev–Trinajstić information content (AvgIpc) is 2.87. The van der Waals surface area contributed by atoms with E-state index in [9.17, 15) is 10.1 Å². The van der Waals surface area contributed by atoms with Crippen LogP contribution in [0.25, 0.3) is 22.4 Å². The van der Waals surface area contributed by atoms with Crippen molar-refractivity contribution in [2.75, 3.05) is 0 Å². The molecule has 0 aliphatic carbocycles. The fourth-order valence-corrected chi connectivity index (χ4v) is 3.66. The molecule has 4 aromatic rings. The number of hydrogen-bond acceptors (Lipinski definition) is 5. The second kappa shape index (κ2) is 10.9. The summed E-state index contributed by atoms with van der Waals surface area (Å²) in [6, 6.07) is 25.4. The number of nitrogens with one attached hydrogen (secondary N) is 1. The molecule has 1 aromatic heterocycles. The molecular formula is C30H26FN3O3. The zero-order valence-electron chi connectivity index (χ0n) is 20.8. The number of alkyl carbamates (subject to hydrolysis) is 1. The Morgan fingerprint density at radius 2 is 1.68 bits per heavy atom. The average molecular weight is 496 g/mol. The predicted molar refractivity (Wildman–Crippen MR) is 139 cm³/mol. The number of rotatable bonds is 6. The summed E-state index contributed by atoms with van der Waals surface area (Å²) in [6.45, 7) is 5.55. The Balaban J connectivity index is 1.55. The van der Waals surface area contributed by atoms with E-state index in [0.29, 0.717) is 28.2 Å². The molecule has 0 spiro atoms. The molecule has 1 N–H and O–H groups in total. The van der Waals surface area contributed by atoms with Gasteiger partial charge in [-0.3, -0.25) is 4.98 Å². The van der Waals surface area contributed by atoms with Gasteiger partial charge in [0.25, 0.3) is 0 Å². The normalized spacial score (nSPS) is 10.9. The van der Waals surface area contributed by atoms with Crippen LogP contribution >= 0.6 is 0 Å². The van der Waals surface area contributed by atoms with E-state index in [1.54, 1.807) is 69.3 Å². The molecule has 0 bridgehead atoms. The molecule has 0 unspecified atom stereocenters. The van der Waals surface area contributed by atoms with Crippen LogP contribution in [0.5, 0.6) is 11.5 Å². The highest BCUT2D eigenvalue weighted by atomic mass is 19.1. The summed E-state index contributed by atoms with van der Waals surface area (Å²) in [5, 5.41) is 12.5. The number of benzene rings is 3. The molecule has 6 nitrogen and oxygen atoms in total. The lowest BCUT2D eigenvalue weighted by Crippen LogP contribution is -2.32. The second-order valence-electron chi connectivity index (χ2n) is 9.32. The summed E-state index contributed by atoms with van der Waals surface area (Å²) in [7, 11) is 0. The fraction of sp³-hybridized carbons (Fsp3) is 0.167. The molecule has 1 heterocycles. The number of carbonyl (C=O) groups excluding carboxylic acids is 1. The molecule has 186 valence electrons. The van der Waals surface area contributed by atoms with Crippen molar-refractivity contribution in [3.8, 4) is 40.0 Å². The molecule has 0 atom stereocenters. The standard InChI is InChI=1S/C30H26FN3O3/c1-30(2,3)37-29(35)34-18-20-8-7-9-22(16-20)28-27(31)25(17-32)26(19-33-28)21-12-14-24(15-13-21)36-23-10-5-4-6-11-23/h4-16,19H,18H2,1-3H3,(H,34,35). The van der Waals surface area contributed by atoms with E-state index >= 15 is 4.39 Å². The molecule has 4 rings (SSSR count). The van der Waals surface area contributed by atoms with Gasteiger partial charge in [-0.1, -0.05) is 48.5 Å². The van der Waals surface area contributed by atoms with Gasteiger partial charge in [-0.15, -0.1) is 0 Å². The number of para-hydroxylation sites is 1. The molecule has 0 aliphatic rings. The highest BCUT2D eigenvalue weighted by Crippen LogP contribution is 2.32. The number of aromatic nitrogens is 1. The van der Waals surface area contributed by atoms with Gasteiger partial charge >= 0.3 is 6.09 Å². The van der Waals surface area contributed by atoms with Crippen molar-refractivity contribution < 1.29 is 18.7 Å². The third-order valence-corrected chi connectivity index (χ3v) is 5.31. The monoisotopic (exact) mass is 495 g/mol. The minimum atomic E-state index is -0.707. The Morgan fingerprint density at radius 3 is 2.35 bits per heavy atom. The van der Waals surface area contributed by atoms with Gasteiger partial charge in [0.15, 0.2) is 5.82 Å². The zero-order chi connectivity index (χ0) is 26.4. The van der Waals surface area contributed by atoms with Gasteiger partial charge in [0, 0.05) is 23.9 Å². The number of halogens is 1. The lowest BCUT2D eigenvalue weighted by atomic mass is 9.99. The smallest absolute Gasteiger partial charge is 0.407 e. The van der Waals surface area contributed by atoms with Crippen LogP contribution in [0.2, 0.25) is 0 Å². The van der Waals surface area contributed by atoms with E-state index < -0.39 is 17.5 Å². The van der Waals surface area contributed by atoms with Crippen LogP contribution in [0, 0.1) is 17.1 Å². The zero-order valence-corrected chi connectivity index (χ0v) is 20.8. The van der Waals surface area contributed by atoms with Crippen molar-refractivity contribution in [3.63, 3.8) is 0 Å². The van der Waals surface area contributed by atoms with Gasteiger partial charge in [0.05, 0.1) is 5.56 Å². The van der Waals surface area contributed by atoms with Gasteiger partial charge in [-0.25, -0.2) is 9.18 Å². The van der Waals surface area contributed by atoms with Crippen LogP contribution in [0.4, 0.5) is 9.18 Å². The molecule has 0 saturated carbocycles. The van der Waals surface area contributed by atoms with Crippen molar-refractivity contribution in [1.82, 2.24) is 10.3 Å². The maximum absolute atomic E-state index is 15.5. The van der Waals surface area contributed by atoms with Crippen molar-refractivity contribution >= 4 is 6.09 Å². The number of amides is 1. The Kier molecular flexibility index (Phi) is 7.49. The highest BCUT2D eigenvalue weighted by Gasteiger charge is 2.19. The van der Waals surface area contributed by atoms with Crippen LogP contribution in [0.3, 0.4) is 0 Å². The Bertz CT molecular complexity index is 1440. The van der Waals surface area contributed by atoms with Gasteiger partial charge < -0.3 is 14.8 Å². The largest absolute Gasteiger partial charge is 0.457 e. The van der Waals surface area contributed by atoms with Crippen molar-refractivity contribution in [3.05, 3.63) is 102 Å². The van der Waals surface area contributed by atoms with Gasteiger partial charge in [-0.05, 0) is 62.2 Å². The minimum Gasteiger partial charge on any atom is -0.457 e. The van der Waals surface area contributed by atoms with Gasteiger partial charge in [0.2, 0.25) is 0 Å². The molecule has 0 fully saturated rings. The van der Waals surface area contributed by atoms with Gasteiger partial charge in [-0.2, -0.15) is 5.26 Å². The molecule has 1 amide bonds. The molecule has 37 heavy (non-hydrogen) atoms. The van der Waals surface area contributed by atoms with E-state index in [-0.39, 0.29) is 17.8 Å². The number of pyridine rings is 1. The van der Waals surface area contributed by atoms with Crippen LogP contribution < -0.4 is 10.1 Å². The topological polar surface area (TPSA) is 84.2 Å². The first-order chi connectivity index (χ1) is 17.7. The molecule has 7 heteroatoms.